The topological polar surface area (TPSA) is 38.2 Å². The molecule has 0 aliphatic carbocycles. The van der Waals surface area contributed by atoms with Crippen molar-refractivity contribution in [3.8, 4) is 0 Å². The van der Waals surface area contributed by atoms with Crippen LogP contribution in [-0.2, 0) is 11.3 Å². The summed E-state index contributed by atoms with van der Waals surface area (Å²) in [6.45, 7) is 4.61. The molecule has 1 fully saturated rings. The van der Waals surface area contributed by atoms with Crippen LogP contribution in [0.5, 0.6) is 0 Å². The van der Waals surface area contributed by atoms with E-state index < -0.39 is 0 Å². The molecule has 0 aromatic carbocycles. The monoisotopic (exact) mass is 315 g/mol. The van der Waals surface area contributed by atoms with E-state index in [9.17, 15) is 0 Å². The minimum Gasteiger partial charge on any atom is -0.368 e. The molecule has 102 valence electrons. The van der Waals surface area contributed by atoms with Crippen molar-refractivity contribution in [2.45, 2.75) is 25.7 Å². The first kappa shape index (κ1) is 13.5. The second kappa shape index (κ2) is 5.85. The average Bonchev–Trinajstić information content (AvgIpc) is 3.01. The lowest BCUT2D eigenvalue weighted by atomic mass is 10.1. The standard InChI is InChI=1S/C12H14ClN3OS2/c1-8-4-16(5-10-12(13)19-15-14-10)6-11(17-8)9-2-3-18-7-9/h2-3,7-8,11H,4-6H2,1H3/t8-,11-/m1/s1. The van der Waals surface area contributed by atoms with E-state index in [1.807, 2.05) is 0 Å². The number of halogens is 1. The third-order valence-corrected chi connectivity index (χ3v) is 4.82. The minimum absolute atomic E-state index is 0.139. The predicted molar refractivity (Wildman–Crippen MR) is 77.8 cm³/mol. The summed E-state index contributed by atoms with van der Waals surface area (Å²) >= 11 is 9.01. The highest BCUT2D eigenvalue weighted by Crippen LogP contribution is 2.28. The highest BCUT2D eigenvalue weighted by atomic mass is 35.5. The Kier molecular flexibility index (Phi) is 4.14. The highest BCUT2D eigenvalue weighted by molar-refractivity contribution is 7.10. The van der Waals surface area contributed by atoms with Crippen LogP contribution in [0.25, 0.3) is 0 Å². The van der Waals surface area contributed by atoms with Gasteiger partial charge in [0, 0.05) is 31.2 Å². The molecule has 3 heterocycles. The van der Waals surface area contributed by atoms with E-state index in [4.69, 9.17) is 16.3 Å². The molecule has 0 amide bonds. The first-order valence-electron chi connectivity index (χ1n) is 6.09. The first-order valence-corrected chi connectivity index (χ1v) is 8.18. The molecule has 1 saturated heterocycles. The van der Waals surface area contributed by atoms with Crippen molar-refractivity contribution < 1.29 is 4.74 Å². The van der Waals surface area contributed by atoms with Crippen molar-refractivity contribution in [1.82, 2.24) is 14.5 Å². The molecule has 1 aliphatic rings. The van der Waals surface area contributed by atoms with Gasteiger partial charge in [-0.25, -0.2) is 0 Å². The van der Waals surface area contributed by atoms with Gasteiger partial charge in [-0.1, -0.05) is 16.1 Å². The number of ether oxygens (including phenoxy) is 1. The first-order chi connectivity index (χ1) is 9.22. The van der Waals surface area contributed by atoms with E-state index in [1.54, 1.807) is 11.3 Å². The quantitative estimate of drug-likeness (QED) is 0.871. The molecule has 1 aliphatic heterocycles. The fourth-order valence-electron chi connectivity index (χ4n) is 2.31. The number of hydrogen-bond acceptors (Lipinski definition) is 6. The van der Waals surface area contributed by atoms with E-state index in [0.29, 0.717) is 4.34 Å². The molecule has 2 aromatic heterocycles. The largest absolute Gasteiger partial charge is 0.368 e. The SMILES string of the molecule is C[C@@H]1CN(Cc2nnsc2Cl)C[C@H](c2ccsc2)O1. The zero-order valence-electron chi connectivity index (χ0n) is 10.5. The van der Waals surface area contributed by atoms with Crippen LogP contribution in [0.4, 0.5) is 0 Å². The van der Waals surface area contributed by atoms with Gasteiger partial charge in [-0.3, -0.25) is 4.90 Å². The molecular weight excluding hydrogens is 302 g/mol. The molecule has 0 N–H and O–H groups in total. The van der Waals surface area contributed by atoms with Gasteiger partial charge in [-0.05, 0) is 29.3 Å². The zero-order chi connectivity index (χ0) is 13.2. The van der Waals surface area contributed by atoms with Gasteiger partial charge in [0.05, 0.1) is 12.2 Å². The molecule has 0 spiro atoms. The summed E-state index contributed by atoms with van der Waals surface area (Å²) < 4.78 is 10.6. The molecule has 19 heavy (non-hydrogen) atoms. The van der Waals surface area contributed by atoms with Crippen molar-refractivity contribution in [3.63, 3.8) is 0 Å². The fraction of sp³-hybridized carbons (Fsp3) is 0.500. The zero-order valence-corrected chi connectivity index (χ0v) is 12.8. The Morgan fingerprint density at radius 2 is 2.42 bits per heavy atom. The molecular formula is C12H14ClN3OS2. The second-order valence-corrected chi connectivity index (χ2v) is 6.82. The Labute approximate surface area is 125 Å². The van der Waals surface area contributed by atoms with Gasteiger partial charge in [0.15, 0.2) is 0 Å². The number of thiophene rings is 1. The van der Waals surface area contributed by atoms with Crippen molar-refractivity contribution >= 4 is 34.5 Å². The average molecular weight is 316 g/mol. The summed E-state index contributed by atoms with van der Waals surface area (Å²) in [5, 5.41) is 8.32. The van der Waals surface area contributed by atoms with Crippen molar-refractivity contribution in [2.75, 3.05) is 13.1 Å². The number of rotatable bonds is 3. The lowest BCUT2D eigenvalue weighted by Gasteiger charge is -2.36. The van der Waals surface area contributed by atoms with Crippen LogP contribution >= 0.6 is 34.5 Å². The van der Waals surface area contributed by atoms with Gasteiger partial charge < -0.3 is 4.74 Å². The fourth-order valence-corrected chi connectivity index (χ4v) is 3.63. The number of nitrogens with zero attached hydrogens (tertiary/aromatic N) is 3. The van der Waals surface area contributed by atoms with Crippen LogP contribution in [0, 0.1) is 0 Å². The third kappa shape index (κ3) is 3.14. The van der Waals surface area contributed by atoms with Gasteiger partial charge in [0.1, 0.15) is 10.0 Å². The Bertz CT molecular complexity index is 531. The minimum atomic E-state index is 0.139. The summed E-state index contributed by atoms with van der Waals surface area (Å²) in [7, 11) is 0. The van der Waals surface area contributed by atoms with E-state index in [1.165, 1.54) is 17.1 Å². The Balaban J connectivity index is 1.70. The highest BCUT2D eigenvalue weighted by Gasteiger charge is 2.27. The maximum atomic E-state index is 6.07. The van der Waals surface area contributed by atoms with E-state index >= 15 is 0 Å². The summed E-state index contributed by atoms with van der Waals surface area (Å²) in [4.78, 5) is 2.33. The van der Waals surface area contributed by atoms with Gasteiger partial charge in [0.25, 0.3) is 0 Å². The van der Waals surface area contributed by atoms with Crippen molar-refractivity contribution in [1.29, 1.82) is 0 Å². The lowest BCUT2D eigenvalue weighted by molar-refractivity contribution is -0.0815. The van der Waals surface area contributed by atoms with E-state index in [-0.39, 0.29) is 12.2 Å². The van der Waals surface area contributed by atoms with Gasteiger partial charge in [-0.15, -0.1) is 5.10 Å². The van der Waals surface area contributed by atoms with Crippen LogP contribution in [0.2, 0.25) is 4.34 Å². The summed E-state index contributed by atoms with van der Waals surface area (Å²) in [5.74, 6) is 0. The Morgan fingerprint density at radius 3 is 3.11 bits per heavy atom. The molecule has 2 aromatic rings. The molecule has 2 atom stereocenters. The van der Waals surface area contributed by atoms with Crippen LogP contribution in [0.3, 0.4) is 0 Å². The molecule has 0 saturated carbocycles. The van der Waals surface area contributed by atoms with Crippen LogP contribution < -0.4 is 0 Å². The maximum Gasteiger partial charge on any atom is 0.138 e. The van der Waals surface area contributed by atoms with Gasteiger partial charge in [-0.2, -0.15) is 11.3 Å². The second-order valence-electron chi connectivity index (χ2n) is 4.68. The van der Waals surface area contributed by atoms with Crippen LogP contribution in [-0.4, -0.2) is 33.7 Å². The molecule has 0 radical (unpaired) electrons. The smallest absolute Gasteiger partial charge is 0.138 e. The molecule has 3 rings (SSSR count). The Hall–Kier alpha value is -0.530. The molecule has 4 nitrogen and oxygen atoms in total. The van der Waals surface area contributed by atoms with Crippen LogP contribution in [0.1, 0.15) is 24.3 Å². The summed E-state index contributed by atoms with van der Waals surface area (Å²) in [5.41, 5.74) is 2.12. The van der Waals surface area contributed by atoms with Crippen molar-refractivity contribution in [2.24, 2.45) is 0 Å². The summed E-state index contributed by atoms with van der Waals surface area (Å²) in [6.07, 6.45) is 0.351. The lowest BCUT2D eigenvalue weighted by Crippen LogP contribution is -2.42. The van der Waals surface area contributed by atoms with Crippen LogP contribution in [0.15, 0.2) is 16.8 Å². The van der Waals surface area contributed by atoms with E-state index in [0.717, 1.165) is 25.3 Å². The van der Waals surface area contributed by atoms with Gasteiger partial charge in [0.2, 0.25) is 0 Å². The number of aromatic nitrogens is 2. The van der Waals surface area contributed by atoms with E-state index in [2.05, 4.69) is 38.2 Å². The summed E-state index contributed by atoms with van der Waals surface area (Å²) in [6, 6.07) is 2.13. The number of hydrogen-bond donors (Lipinski definition) is 0. The number of morpholine rings is 1. The normalized spacial score (nSPS) is 24.7. The van der Waals surface area contributed by atoms with Gasteiger partial charge >= 0.3 is 0 Å². The van der Waals surface area contributed by atoms with Crippen molar-refractivity contribution in [3.05, 3.63) is 32.4 Å². The molecule has 7 heteroatoms. The molecule has 0 bridgehead atoms. The third-order valence-electron chi connectivity index (χ3n) is 3.13. The molecule has 0 unspecified atom stereocenters. The predicted octanol–water partition coefficient (Wildman–Crippen LogP) is 3.22. The Morgan fingerprint density at radius 1 is 1.53 bits per heavy atom. The maximum absolute atomic E-state index is 6.07.